The second kappa shape index (κ2) is 6.52. The SMILES string of the molecule is CCNc1cccc(C(=O)NC(C)C2CCOC2)n1. The highest BCUT2D eigenvalue weighted by atomic mass is 16.5. The summed E-state index contributed by atoms with van der Waals surface area (Å²) >= 11 is 0. The number of aromatic nitrogens is 1. The van der Waals surface area contributed by atoms with Crippen molar-refractivity contribution in [2.45, 2.75) is 26.3 Å². The molecule has 1 saturated heterocycles. The highest BCUT2D eigenvalue weighted by Crippen LogP contribution is 2.16. The number of carbonyl (C=O) groups is 1. The predicted octanol–water partition coefficient (Wildman–Crippen LogP) is 1.67. The molecule has 0 spiro atoms. The van der Waals surface area contributed by atoms with Crippen molar-refractivity contribution in [1.82, 2.24) is 10.3 Å². The van der Waals surface area contributed by atoms with Crippen molar-refractivity contribution in [2.24, 2.45) is 5.92 Å². The molecule has 2 rings (SSSR count). The number of rotatable bonds is 5. The molecule has 2 atom stereocenters. The Morgan fingerprint density at radius 2 is 2.42 bits per heavy atom. The first-order valence-corrected chi connectivity index (χ1v) is 6.80. The molecule has 0 radical (unpaired) electrons. The number of pyridine rings is 1. The van der Waals surface area contributed by atoms with Crippen LogP contribution in [0, 0.1) is 5.92 Å². The minimum Gasteiger partial charge on any atom is -0.381 e. The number of amides is 1. The molecule has 0 aromatic carbocycles. The van der Waals surface area contributed by atoms with Gasteiger partial charge in [-0.15, -0.1) is 0 Å². The molecule has 0 bridgehead atoms. The Bertz CT molecular complexity index is 430. The van der Waals surface area contributed by atoms with E-state index in [-0.39, 0.29) is 11.9 Å². The first-order valence-electron chi connectivity index (χ1n) is 6.80. The van der Waals surface area contributed by atoms with Crippen LogP contribution in [0.4, 0.5) is 5.82 Å². The summed E-state index contributed by atoms with van der Waals surface area (Å²) in [5.41, 5.74) is 0.448. The molecule has 0 saturated carbocycles. The predicted molar refractivity (Wildman–Crippen MR) is 74.3 cm³/mol. The second-order valence-corrected chi connectivity index (χ2v) is 4.82. The number of carbonyl (C=O) groups excluding carboxylic acids is 1. The van der Waals surface area contributed by atoms with Gasteiger partial charge in [0, 0.05) is 25.1 Å². The molecular weight excluding hydrogens is 242 g/mol. The van der Waals surface area contributed by atoms with E-state index in [4.69, 9.17) is 4.74 Å². The normalized spacial score (nSPS) is 20.0. The summed E-state index contributed by atoms with van der Waals surface area (Å²) in [7, 11) is 0. The average Bonchev–Trinajstić information content (AvgIpc) is 2.93. The molecular formula is C14H21N3O2. The number of hydrogen-bond acceptors (Lipinski definition) is 4. The largest absolute Gasteiger partial charge is 0.381 e. The summed E-state index contributed by atoms with van der Waals surface area (Å²) in [6.45, 7) is 6.32. The van der Waals surface area contributed by atoms with Crippen LogP contribution in [0.15, 0.2) is 18.2 Å². The van der Waals surface area contributed by atoms with E-state index in [9.17, 15) is 4.79 Å². The molecule has 1 aromatic rings. The van der Waals surface area contributed by atoms with Gasteiger partial charge in [-0.2, -0.15) is 0 Å². The van der Waals surface area contributed by atoms with Gasteiger partial charge in [0.1, 0.15) is 11.5 Å². The van der Waals surface area contributed by atoms with Crippen molar-refractivity contribution in [2.75, 3.05) is 25.1 Å². The smallest absolute Gasteiger partial charge is 0.270 e. The highest BCUT2D eigenvalue weighted by molar-refractivity contribution is 5.92. The molecule has 19 heavy (non-hydrogen) atoms. The minimum absolute atomic E-state index is 0.111. The molecule has 1 fully saturated rings. The van der Waals surface area contributed by atoms with Crippen LogP contribution in [0.2, 0.25) is 0 Å². The fraction of sp³-hybridized carbons (Fsp3) is 0.571. The lowest BCUT2D eigenvalue weighted by atomic mass is 10.0. The van der Waals surface area contributed by atoms with Gasteiger partial charge in [-0.05, 0) is 32.4 Å². The van der Waals surface area contributed by atoms with Crippen molar-refractivity contribution < 1.29 is 9.53 Å². The second-order valence-electron chi connectivity index (χ2n) is 4.82. The van der Waals surface area contributed by atoms with Crippen LogP contribution in [0.5, 0.6) is 0 Å². The lowest BCUT2D eigenvalue weighted by molar-refractivity contribution is 0.0917. The van der Waals surface area contributed by atoms with Gasteiger partial charge in [0.15, 0.2) is 0 Å². The Hall–Kier alpha value is -1.62. The van der Waals surface area contributed by atoms with Crippen molar-refractivity contribution in [3.05, 3.63) is 23.9 Å². The van der Waals surface area contributed by atoms with Crippen molar-refractivity contribution in [1.29, 1.82) is 0 Å². The van der Waals surface area contributed by atoms with E-state index in [1.165, 1.54) is 0 Å². The zero-order chi connectivity index (χ0) is 13.7. The van der Waals surface area contributed by atoms with Crippen LogP contribution in [0.1, 0.15) is 30.8 Å². The van der Waals surface area contributed by atoms with E-state index in [0.29, 0.717) is 11.6 Å². The quantitative estimate of drug-likeness (QED) is 0.848. The molecule has 1 aliphatic rings. The van der Waals surface area contributed by atoms with Crippen LogP contribution in [-0.2, 0) is 4.74 Å². The topological polar surface area (TPSA) is 63.2 Å². The highest BCUT2D eigenvalue weighted by Gasteiger charge is 2.24. The minimum atomic E-state index is -0.126. The van der Waals surface area contributed by atoms with E-state index in [2.05, 4.69) is 15.6 Å². The summed E-state index contributed by atoms with van der Waals surface area (Å²) in [6, 6.07) is 5.53. The molecule has 1 aromatic heterocycles. The number of hydrogen-bond donors (Lipinski definition) is 2. The van der Waals surface area contributed by atoms with Crippen molar-refractivity contribution in [3.63, 3.8) is 0 Å². The standard InChI is InChI=1S/C14H21N3O2/c1-3-15-13-6-4-5-12(17-13)14(18)16-10(2)11-7-8-19-9-11/h4-6,10-11H,3,7-9H2,1-2H3,(H,15,17)(H,16,18). The number of anilines is 1. The third-order valence-corrected chi connectivity index (χ3v) is 3.37. The molecule has 1 aliphatic heterocycles. The van der Waals surface area contributed by atoms with E-state index in [1.54, 1.807) is 6.07 Å². The van der Waals surface area contributed by atoms with Crippen LogP contribution < -0.4 is 10.6 Å². The maximum atomic E-state index is 12.1. The number of ether oxygens (including phenoxy) is 1. The monoisotopic (exact) mass is 263 g/mol. The molecule has 1 amide bonds. The Kier molecular flexibility index (Phi) is 4.74. The first kappa shape index (κ1) is 13.8. The summed E-state index contributed by atoms with van der Waals surface area (Å²) in [5.74, 6) is 1.01. The van der Waals surface area contributed by atoms with Gasteiger partial charge in [0.05, 0.1) is 6.61 Å². The fourth-order valence-electron chi connectivity index (χ4n) is 2.19. The number of nitrogens with one attached hydrogen (secondary N) is 2. The summed E-state index contributed by atoms with van der Waals surface area (Å²) in [6.07, 6.45) is 1.01. The molecule has 104 valence electrons. The van der Waals surface area contributed by atoms with Gasteiger partial charge >= 0.3 is 0 Å². The lowest BCUT2D eigenvalue weighted by Gasteiger charge is -2.19. The van der Waals surface area contributed by atoms with Gasteiger partial charge < -0.3 is 15.4 Å². The zero-order valence-corrected chi connectivity index (χ0v) is 11.5. The van der Waals surface area contributed by atoms with Gasteiger partial charge in [0.2, 0.25) is 0 Å². The molecule has 2 heterocycles. The van der Waals surface area contributed by atoms with E-state index >= 15 is 0 Å². The summed E-state index contributed by atoms with van der Waals surface area (Å²) < 4.78 is 5.34. The average molecular weight is 263 g/mol. The number of nitrogens with zero attached hydrogens (tertiary/aromatic N) is 1. The maximum Gasteiger partial charge on any atom is 0.270 e. The fourth-order valence-corrected chi connectivity index (χ4v) is 2.19. The third kappa shape index (κ3) is 3.67. The summed E-state index contributed by atoms with van der Waals surface area (Å²) in [5, 5.41) is 6.10. The van der Waals surface area contributed by atoms with Crippen molar-refractivity contribution >= 4 is 11.7 Å². The Morgan fingerprint density at radius 3 is 3.11 bits per heavy atom. The molecule has 2 unspecified atom stereocenters. The Balaban J connectivity index is 1.96. The lowest BCUT2D eigenvalue weighted by Crippen LogP contribution is -2.38. The van der Waals surface area contributed by atoms with Gasteiger partial charge in [-0.3, -0.25) is 4.79 Å². The third-order valence-electron chi connectivity index (χ3n) is 3.37. The van der Waals surface area contributed by atoms with Crippen LogP contribution in [0.25, 0.3) is 0 Å². The first-order chi connectivity index (χ1) is 9.20. The van der Waals surface area contributed by atoms with Crippen molar-refractivity contribution in [3.8, 4) is 0 Å². The Morgan fingerprint density at radius 1 is 1.58 bits per heavy atom. The molecule has 2 N–H and O–H groups in total. The molecule has 5 heteroatoms. The zero-order valence-electron chi connectivity index (χ0n) is 11.5. The van der Waals surface area contributed by atoms with E-state index in [0.717, 1.165) is 32.0 Å². The van der Waals surface area contributed by atoms with Crippen LogP contribution in [0.3, 0.4) is 0 Å². The molecule has 5 nitrogen and oxygen atoms in total. The van der Waals surface area contributed by atoms with Gasteiger partial charge in [-0.1, -0.05) is 6.07 Å². The Labute approximate surface area is 113 Å². The van der Waals surface area contributed by atoms with Gasteiger partial charge in [0.25, 0.3) is 5.91 Å². The van der Waals surface area contributed by atoms with E-state index in [1.807, 2.05) is 26.0 Å². The molecule has 0 aliphatic carbocycles. The maximum absolute atomic E-state index is 12.1. The van der Waals surface area contributed by atoms with E-state index < -0.39 is 0 Å². The summed E-state index contributed by atoms with van der Waals surface area (Å²) in [4.78, 5) is 16.4. The van der Waals surface area contributed by atoms with Crippen LogP contribution in [-0.4, -0.2) is 36.7 Å². The van der Waals surface area contributed by atoms with Gasteiger partial charge in [-0.25, -0.2) is 4.98 Å². The van der Waals surface area contributed by atoms with Crippen LogP contribution >= 0.6 is 0 Å².